The fourth-order valence-corrected chi connectivity index (χ4v) is 1.97. The van der Waals surface area contributed by atoms with E-state index in [0.29, 0.717) is 6.42 Å². The van der Waals surface area contributed by atoms with Gasteiger partial charge in [0.1, 0.15) is 5.75 Å². The van der Waals surface area contributed by atoms with Crippen LogP contribution in [0, 0.1) is 0 Å². The number of nitrogens with one attached hydrogen (secondary N) is 1. The number of Topliss-reactive ketones (excluding diaryl/α,β-unsaturated/α-hetero) is 1. The molecule has 1 N–H and O–H groups in total. The molecule has 0 aromatic heterocycles. The summed E-state index contributed by atoms with van der Waals surface area (Å²) >= 11 is 0. The second kappa shape index (κ2) is 6.05. The monoisotopic (exact) mass is 255 g/mol. The van der Waals surface area contributed by atoms with E-state index in [0.717, 1.165) is 22.6 Å². The van der Waals surface area contributed by atoms with Gasteiger partial charge in [-0.1, -0.05) is 24.3 Å². The Kier molecular flexibility index (Phi) is 4.18. The molecule has 3 heteroatoms. The zero-order valence-corrected chi connectivity index (χ0v) is 11.1. The van der Waals surface area contributed by atoms with E-state index in [9.17, 15) is 4.79 Å². The number of methoxy groups -OCH3 is 1. The fraction of sp³-hybridized carbons (Fsp3) is 0.188. The summed E-state index contributed by atoms with van der Waals surface area (Å²) in [5.74, 6) is 0.905. The Bertz CT molecular complexity index is 561. The highest BCUT2D eigenvalue weighted by atomic mass is 16.5. The smallest absolute Gasteiger partial charge is 0.169 e. The standard InChI is InChI=1S/C16H17NO2/c1-17-15-6-4-3-5-14(15)16(18)11-12-7-9-13(19-2)10-8-12/h3-10,17H,11H2,1-2H3. The predicted octanol–water partition coefficient (Wildman–Crippen LogP) is 3.16. The first-order valence-corrected chi connectivity index (χ1v) is 6.17. The summed E-state index contributed by atoms with van der Waals surface area (Å²) in [7, 11) is 3.45. The van der Waals surface area contributed by atoms with Crippen molar-refractivity contribution in [1.82, 2.24) is 0 Å². The maximum Gasteiger partial charge on any atom is 0.169 e. The Morgan fingerprint density at radius 2 is 1.79 bits per heavy atom. The van der Waals surface area contributed by atoms with Gasteiger partial charge in [-0.3, -0.25) is 4.79 Å². The number of carbonyl (C=O) groups is 1. The van der Waals surface area contributed by atoms with Crippen molar-refractivity contribution in [2.75, 3.05) is 19.5 Å². The lowest BCUT2D eigenvalue weighted by Gasteiger charge is -2.08. The normalized spacial score (nSPS) is 10.0. The number of hydrogen-bond acceptors (Lipinski definition) is 3. The zero-order chi connectivity index (χ0) is 13.7. The highest BCUT2D eigenvalue weighted by Crippen LogP contribution is 2.18. The summed E-state index contributed by atoms with van der Waals surface area (Å²) in [4.78, 5) is 12.3. The highest BCUT2D eigenvalue weighted by Gasteiger charge is 2.10. The maximum absolute atomic E-state index is 12.3. The SMILES string of the molecule is CNc1ccccc1C(=O)Cc1ccc(OC)cc1. The molecule has 0 aliphatic heterocycles. The van der Waals surface area contributed by atoms with Crippen LogP contribution in [0.5, 0.6) is 5.75 Å². The number of rotatable bonds is 5. The molecule has 0 fully saturated rings. The van der Waals surface area contributed by atoms with Crippen molar-refractivity contribution in [2.45, 2.75) is 6.42 Å². The van der Waals surface area contributed by atoms with Crippen molar-refractivity contribution in [1.29, 1.82) is 0 Å². The topological polar surface area (TPSA) is 38.3 Å². The molecule has 0 heterocycles. The average molecular weight is 255 g/mol. The van der Waals surface area contributed by atoms with Gasteiger partial charge in [-0.25, -0.2) is 0 Å². The number of anilines is 1. The van der Waals surface area contributed by atoms with Crippen molar-refractivity contribution < 1.29 is 9.53 Å². The summed E-state index contributed by atoms with van der Waals surface area (Å²) in [5.41, 5.74) is 2.57. The molecule has 0 aliphatic rings. The summed E-state index contributed by atoms with van der Waals surface area (Å²) in [5, 5.41) is 3.04. The highest BCUT2D eigenvalue weighted by molar-refractivity contribution is 6.02. The van der Waals surface area contributed by atoms with Crippen molar-refractivity contribution >= 4 is 11.5 Å². The molecule has 3 nitrogen and oxygen atoms in total. The van der Waals surface area contributed by atoms with Gasteiger partial charge < -0.3 is 10.1 Å². The lowest BCUT2D eigenvalue weighted by Crippen LogP contribution is -2.06. The van der Waals surface area contributed by atoms with Gasteiger partial charge in [0.15, 0.2) is 5.78 Å². The van der Waals surface area contributed by atoms with Crippen LogP contribution in [-0.4, -0.2) is 19.9 Å². The first-order chi connectivity index (χ1) is 9.24. The molecule has 2 rings (SSSR count). The second-order valence-electron chi connectivity index (χ2n) is 4.24. The van der Waals surface area contributed by atoms with Crippen LogP contribution in [0.4, 0.5) is 5.69 Å². The number of benzene rings is 2. The Hall–Kier alpha value is -2.29. The van der Waals surface area contributed by atoms with E-state index in [1.807, 2.05) is 55.6 Å². The van der Waals surface area contributed by atoms with Gasteiger partial charge in [0, 0.05) is 24.7 Å². The molecule has 0 spiro atoms. The average Bonchev–Trinajstić information content (AvgIpc) is 2.48. The molecule has 2 aromatic carbocycles. The minimum atomic E-state index is 0.107. The molecule has 19 heavy (non-hydrogen) atoms. The van der Waals surface area contributed by atoms with Crippen LogP contribution in [0.3, 0.4) is 0 Å². The number of ether oxygens (including phenoxy) is 1. The van der Waals surface area contributed by atoms with Crippen LogP contribution in [0.25, 0.3) is 0 Å². The van der Waals surface area contributed by atoms with E-state index >= 15 is 0 Å². The lowest BCUT2D eigenvalue weighted by atomic mass is 10.0. The molecule has 0 radical (unpaired) electrons. The van der Waals surface area contributed by atoms with Crippen LogP contribution in [-0.2, 0) is 6.42 Å². The fourth-order valence-electron chi connectivity index (χ4n) is 1.97. The van der Waals surface area contributed by atoms with Crippen LogP contribution in [0.1, 0.15) is 15.9 Å². The summed E-state index contributed by atoms with van der Waals surface area (Å²) < 4.78 is 5.10. The van der Waals surface area contributed by atoms with Gasteiger partial charge in [0.05, 0.1) is 7.11 Å². The summed E-state index contributed by atoms with van der Waals surface area (Å²) in [6, 6.07) is 15.1. The first-order valence-electron chi connectivity index (χ1n) is 6.17. The van der Waals surface area contributed by atoms with Gasteiger partial charge in [-0.2, -0.15) is 0 Å². The van der Waals surface area contributed by atoms with E-state index in [4.69, 9.17) is 4.74 Å². The predicted molar refractivity (Wildman–Crippen MR) is 77.0 cm³/mol. The molecule has 0 saturated heterocycles. The molecule has 0 aliphatic carbocycles. The first kappa shape index (κ1) is 13.1. The molecule has 2 aromatic rings. The molecule has 0 atom stereocenters. The minimum Gasteiger partial charge on any atom is -0.497 e. The van der Waals surface area contributed by atoms with Gasteiger partial charge in [0.25, 0.3) is 0 Å². The van der Waals surface area contributed by atoms with Gasteiger partial charge in [0.2, 0.25) is 0 Å². The third-order valence-electron chi connectivity index (χ3n) is 3.02. The maximum atomic E-state index is 12.3. The van der Waals surface area contributed by atoms with Gasteiger partial charge in [-0.05, 0) is 29.8 Å². The summed E-state index contributed by atoms with van der Waals surface area (Å²) in [6.45, 7) is 0. The van der Waals surface area contributed by atoms with Crippen LogP contribution < -0.4 is 10.1 Å². The number of ketones is 1. The van der Waals surface area contributed by atoms with Crippen molar-refractivity contribution in [3.05, 3.63) is 59.7 Å². The zero-order valence-electron chi connectivity index (χ0n) is 11.1. The van der Waals surface area contributed by atoms with E-state index in [-0.39, 0.29) is 5.78 Å². The number of para-hydroxylation sites is 1. The largest absolute Gasteiger partial charge is 0.497 e. The van der Waals surface area contributed by atoms with Gasteiger partial charge in [-0.15, -0.1) is 0 Å². The second-order valence-corrected chi connectivity index (χ2v) is 4.24. The van der Waals surface area contributed by atoms with Crippen molar-refractivity contribution in [3.63, 3.8) is 0 Å². The Labute approximate surface area is 113 Å². The van der Waals surface area contributed by atoms with Gasteiger partial charge >= 0.3 is 0 Å². The molecule has 0 unspecified atom stereocenters. The lowest BCUT2D eigenvalue weighted by molar-refractivity contribution is 0.0993. The van der Waals surface area contributed by atoms with Crippen molar-refractivity contribution in [2.24, 2.45) is 0 Å². The third-order valence-corrected chi connectivity index (χ3v) is 3.02. The van der Waals surface area contributed by atoms with Crippen LogP contribution >= 0.6 is 0 Å². The van der Waals surface area contributed by atoms with E-state index in [1.54, 1.807) is 7.11 Å². The van der Waals surface area contributed by atoms with E-state index in [2.05, 4.69) is 5.32 Å². The molecule has 0 amide bonds. The summed E-state index contributed by atoms with van der Waals surface area (Å²) in [6.07, 6.45) is 0.392. The molecular weight excluding hydrogens is 238 g/mol. The minimum absolute atomic E-state index is 0.107. The Balaban J connectivity index is 2.16. The quantitative estimate of drug-likeness (QED) is 0.834. The molecule has 0 saturated carbocycles. The Morgan fingerprint density at radius 1 is 1.11 bits per heavy atom. The van der Waals surface area contributed by atoms with Crippen molar-refractivity contribution in [3.8, 4) is 5.75 Å². The number of carbonyl (C=O) groups excluding carboxylic acids is 1. The third kappa shape index (κ3) is 3.13. The molecular formula is C16H17NO2. The van der Waals surface area contributed by atoms with E-state index in [1.165, 1.54) is 0 Å². The van der Waals surface area contributed by atoms with Crippen LogP contribution in [0.15, 0.2) is 48.5 Å². The molecule has 98 valence electrons. The van der Waals surface area contributed by atoms with Crippen LogP contribution in [0.2, 0.25) is 0 Å². The number of hydrogen-bond donors (Lipinski definition) is 1. The Morgan fingerprint density at radius 3 is 2.42 bits per heavy atom. The van der Waals surface area contributed by atoms with E-state index < -0.39 is 0 Å². The molecule has 0 bridgehead atoms.